The third-order valence-electron chi connectivity index (χ3n) is 2.78. The van der Waals surface area contributed by atoms with Crippen LogP contribution in [0.2, 0.25) is 0 Å². The largest absolute Gasteiger partial charge is 0.416 e. The number of nitrogen functional groups attached to an aromatic ring is 1. The molecular weight excluding hydrogens is 275 g/mol. The Balaban J connectivity index is 2.28. The summed E-state index contributed by atoms with van der Waals surface area (Å²) in [5.41, 5.74) is 5.98. The second kappa shape index (κ2) is 5.22. The summed E-state index contributed by atoms with van der Waals surface area (Å²) in [5.74, 6) is 0. The molecule has 1 unspecified atom stereocenters. The molecule has 0 saturated carbocycles. The Labute approximate surface area is 112 Å². The van der Waals surface area contributed by atoms with Gasteiger partial charge in [-0.15, -0.1) is 0 Å². The smallest absolute Gasteiger partial charge is 0.398 e. The van der Waals surface area contributed by atoms with Gasteiger partial charge in [-0.2, -0.15) is 24.5 Å². The van der Waals surface area contributed by atoms with Crippen LogP contribution in [0.5, 0.6) is 0 Å². The minimum Gasteiger partial charge on any atom is -0.398 e. The van der Waals surface area contributed by atoms with E-state index in [9.17, 15) is 18.3 Å². The van der Waals surface area contributed by atoms with Crippen molar-refractivity contribution in [3.63, 3.8) is 0 Å². The number of hydrogen-bond donors (Lipinski definition) is 2. The van der Waals surface area contributed by atoms with Gasteiger partial charge >= 0.3 is 6.18 Å². The predicted octanol–water partition coefficient (Wildman–Crippen LogP) is 3.63. The molecule has 1 atom stereocenters. The van der Waals surface area contributed by atoms with Crippen LogP contribution >= 0.6 is 11.3 Å². The number of rotatable bonds is 3. The van der Waals surface area contributed by atoms with Gasteiger partial charge in [-0.25, -0.2) is 0 Å². The molecule has 0 aliphatic rings. The Morgan fingerprint density at radius 1 is 1.26 bits per heavy atom. The van der Waals surface area contributed by atoms with Crippen LogP contribution in [-0.2, 0) is 12.6 Å². The second-order valence-corrected chi connectivity index (χ2v) is 4.97. The zero-order chi connectivity index (χ0) is 14.0. The van der Waals surface area contributed by atoms with E-state index in [1.54, 1.807) is 0 Å². The molecule has 2 nitrogen and oxygen atoms in total. The van der Waals surface area contributed by atoms with E-state index >= 15 is 0 Å². The summed E-state index contributed by atoms with van der Waals surface area (Å²) in [6, 6.07) is 4.81. The number of hydrogen-bond acceptors (Lipinski definition) is 3. The van der Waals surface area contributed by atoms with Crippen molar-refractivity contribution in [1.29, 1.82) is 0 Å². The number of nitrogens with two attached hydrogens (primary N) is 1. The van der Waals surface area contributed by atoms with Gasteiger partial charge in [0.05, 0.1) is 11.7 Å². The van der Waals surface area contributed by atoms with Gasteiger partial charge in [0.1, 0.15) is 0 Å². The van der Waals surface area contributed by atoms with Crippen LogP contribution in [0.3, 0.4) is 0 Å². The molecule has 1 aromatic heterocycles. The molecule has 0 saturated heterocycles. The molecule has 0 bridgehead atoms. The number of anilines is 1. The third-order valence-corrected chi connectivity index (χ3v) is 3.51. The molecule has 0 spiro atoms. The summed E-state index contributed by atoms with van der Waals surface area (Å²) in [5, 5.41) is 13.7. The normalized spacial score (nSPS) is 13.5. The highest BCUT2D eigenvalue weighted by atomic mass is 32.1. The van der Waals surface area contributed by atoms with Crippen molar-refractivity contribution < 1.29 is 18.3 Å². The van der Waals surface area contributed by atoms with Gasteiger partial charge in [-0.1, -0.05) is 0 Å². The average Bonchev–Trinajstić information content (AvgIpc) is 2.80. The molecule has 0 amide bonds. The van der Waals surface area contributed by atoms with Crippen LogP contribution in [0.4, 0.5) is 18.9 Å². The SMILES string of the molecule is Nc1ccc(C(F)(F)F)cc1C(O)Cc1ccsc1. The minimum absolute atomic E-state index is 0.112. The van der Waals surface area contributed by atoms with Crippen molar-refractivity contribution in [1.82, 2.24) is 0 Å². The van der Waals surface area contributed by atoms with Gasteiger partial charge in [-0.3, -0.25) is 0 Å². The van der Waals surface area contributed by atoms with Crippen molar-refractivity contribution >= 4 is 17.0 Å². The van der Waals surface area contributed by atoms with Crippen LogP contribution in [-0.4, -0.2) is 5.11 Å². The van der Waals surface area contributed by atoms with E-state index in [-0.39, 0.29) is 17.7 Å². The number of halogens is 3. The van der Waals surface area contributed by atoms with Crippen molar-refractivity contribution in [2.75, 3.05) is 5.73 Å². The summed E-state index contributed by atoms with van der Waals surface area (Å²) in [4.78, 5) is 0. The topological polar surface area (TPSA) is 46.2 Å². The fourth-order valence-electron chi connectivity index (χ4n) is 1.78. The first-order valence-electron chi connectivity index (χ1n) is 5.53. The van der Waals surface area contributed by atoms with E-state index in [4.69, 9.17) is 5.73 Å². The van der Waals surface area contributed by atoms with Gasteiger partial charge < -0.3 is 10.8 Å². The summed E-state index contributed by atoms with van der Waals surface area (Å²) in [6.45, 7) is 0. The van der Waals surface area contributed by atoms with Gasteiger partial charge in [0.15, 0.2) is 0 Å². The molecule has 6 heteroatoms. The maximum Gasteiger partial charge on any atom is 0.416 e. The first-order chi connectivity index (χ1) is 8.88. The fourth-order valence-corrected chi connectivity index (χ4v) is 2.46. The van der Waals surface area contributed by atoms with Crippen molar-refractivity contribution in [2.45, 2.75) is 18.7 Å². The standard InChI is InChI=1S/C13H12F3NOS/c14-13(15,16)9-1-2-11(17)10(6-9)12(18)5-8-3-4-19-7-8/h1-4,6-7,12,18H,5,17H2. The van der Waals surface area contributed by atoms with E-state index in [1.807, 2.05) is 16.8 Å². The highest BCUT2D eigenvalue weighted by molar-refractivity contribution is 7.07. The van der Waals surface area contributed by atoms with E-state index in [2.05, 4.69) is 0 Å². The fraction of sp³-hybridized carbons (Fsp3) is 0.231. The Morgan fingerprint density at radius 3 is 2.58 bits per heavy atom. The number of alkyl halides is 3. The van der Waals surface area contributed by atoms with Crippen LogP contribution in [0, 0.1) is 0 Å². The number of thiophene rings is 1. The Morgan fingerprint density at radius 2 is 2.00 bits per heavy atom. The summed E-state index contributed by atoms with van der Waals surface area (Å²) < 4.78 is 37.9. The highest BCUT2D eigenvalue weighted by Crippen LogP contribution is 2.33. The van der Waals surface area contributed by atoms with Crippen LogP contribution < -0.4 is 5.73 Å². The Kier molecular flexibility index (Phi) is 3.82. The summed E-state index contributed by atoms with van der Waals surface area (Å²) in [7, 11) is 0. The van der Waals surface area contributed by atoms with E-state index in [0.717, 1.165) is 17.7 Å². The molecule has 3 N–H and O–H groups in total. The molecule has 0 fully saturated rings. The zero-order valence-electron chi connectivity index (χ0n) is 9.82. The van der Waals surface area contributed by atoms with Gasteiger partial charge in [-0.05, 0) is 40.6 Å². The number of aliphatic hydroxyl groups excluding tert-OH is 1. The second-order valence-electron chi connectivity index (χ2n) is 4.19. The molecule has 0 aliphatic carbocycles. The molecule has 102 valence electrons. The first-order valence-corrected chi connectivity index (χ1v) is 6.48. The quantitative estimate of drug-likeness (QED) is 0.847. The maximum absolute atomic E-state index is 12.6. The van der Waals surface area contributed by atoms with Gasteiger partial charge in [0, 0.05) is 17.7 Å². The van der Waals surface area contributed by atoms with E-state index in [1.165, 1.54) is 17.4 Å². The Bertz CT molecular complexity index is 552. The predicted molar refractivity (Wildman–Crippen MR) is 68.8 cm³/mol. The summed E-state index contributed by atoms with van der Waals surface area (Å²) >= 11 is 1.47. The molecule has 2 aromatic rings. The molecule has 19 heavy (non-hydrogen) atoms. The minimum atomic E-state index is -4.44. The Hall–Kier alpha value is -1.53. The summed E-state index contributed by atoms with van der Waals surface area (Å²) in [6.07, 6.45) is -5.24. The molecule has 0 radical (unpaired) electrons. The molecule has 2 rings (SSSR count). The van der Waals surface area contributed by atoms with E-state index < -0.39 is 17.8 Å². The third kappa shape index (κ3) is 3.27. The molecule has 1 aromatic carbocycles. The molecular formula is C13H12F3NOS. The van der Waals surface area contributed by atoms with E-state index in [0.29, 0.717) is 0 Å². The number of benzene rings is 1. The van der Waals surface area contributed by atoms with Crippen LogP contribution in [0.1, 0.15) is 22.8 Å². The monoisotopic (exact) mass is 287 g/mol. The van der Waals surface area contributed by atoms with Crippen molar-refractivity contribution in [3.8, 4) is 0 Å². The maximum atomic E-state index is 12.6. The van der Waals surface area contributed by atoms with Crippen LogP contribution in [0.25, 0.3) is 0 Å². The number of aliphatic hydroxyl groups is 1. The lowest BCUT2D eigenvalue weighted by Gasteiger charge is -2.15. The zero-order valence-corrected chi connectivity index (χ0v) is 10.6. The lowest BCUT2D eigenvalue weighted by molar-refractivity contribution is -0.137. The average molecular weight is 287 g/mol. The van der Waals surface area contributed by atoms with Crippen molar-refractivity contribution in [3.05, 3.63) is 51.7 Å². The lowest BCUT2D eigenvalue weighted by atomic mass is 9.99. The molecule has 1 heterocycles. The highest BCUT2D eigenvalue weighted by Gasteiger charge is 2.31. The first kappa shape index (κ1) is 13.9. The van der Waals surface area contributed by atoms with Gasteiger partial charge in [0.2, 0.25) is 0 Å². The van der Waals surface area contributed by atoms with Crippen molar-refractivity contribution in [2.24, 2.45) is 0 Å². The van der Waals surface area contributed by atoms with Crippen LogP contribution in [0.15, 0.2) is 35.0 Å². The lowest BCUT2D eigenvalue weighted by Crippen LogP contribution is -2.10. The molecule has 0 aliphatic heterocycles. The van der Waals surface area contributed by atoms with Gasteiger partial charge in [0.25, 0.3) is 0 Å².